The molecule has 0 spiro atoms. The summed E-state index contributed by atoms with van der Waals surface area (Å²) in [7, 11) is 0. The first-order valence-corrected chi connectivity index (χ1v) is 6.68. The Bertz CT molecular complexity index is 145. The molecule has 1 fully saturated rings. The third-order valence-electron chi connectivity index (χ3n) is 3.13. The summed E-state index contributed by atoms with van der Waals surface area (Å²) in [6.07, 6.45) is 7.98. The Morgan fingerprint density at radius 2 is 2.13 bits per heavy atom. The van der Waals surface area contributed by atoms with E-state index in [9.17, 15) is 0 Å². The van der Waals surface area contributed by atoms with Crippen molar-refractivity contribution in [2.75, 3.05) is 19.8 Å². The topological polar surface area (TPSA) is 21.3 Å². The zero-order valence-electron chi connectivity index (χ0n) is 10.4. The highest BCUT2D eigenvalue weighted by atomic mass is 16.5. The second kappa shape index (κ2) is 8.12. The van der Waals surface area contributed by atoms with Crippen LogP contribution < -0.4 is 5.32 Å². The van der Waals surface area contributed by atoms with Crippen molar-refractivity contribution in [1.82, 2.24) is 5.32 Å². The van der Waals surface area contributed by atoms with Gasteiger partial charge < -0.3 is 10.1 Å². The molecule has 15 heavy (non-hydrogen) atoms. The minimum Gasteiger partial charge on any atom is -0.380 e. The van der Waals surface area contributed by atoms with E-state index in [1.165, 1.54) is 38.5 Å². The van der Waals surface area contributed by atoms with Crippen LogP contribution in [0, 0.1) is 5.92 Å². The monoisotopic (exact) mass is 213 g/mol. The van der Waals surface area contributed by atoms with Gasteiger partial charge in [0.1, 0.15) is 0 Å². The highest BCUT2D eigenvalue weighted by molar-refractivity contribution is 4.72. The Kier molecular flexibility index (Phi) is 7.03. The minimum atomic E-state index is 0.703. The van der Waals surface area contributed by atoms with E-state index < -0.39 is 0 Å². The van der Waals surface area contributed by atoms with Crippen LogP contribution in [0.3, 0.4) is 0 Å². The minimum absolute atomic E-state index is 0.703. The Hall–Kier alpha value is -0.0800. The molecule has 1 aliphatic carbocycles. The second-order valence-electron chi connectivity index (χ2n) is 4.72. The number of ether oxygens (including phenoxy) is 1. The molecule has 1 atom stereocenters. The van der Waals surface area contributed by atoms with Crippen molar-refractivity contribution in [1.29, 1.82) is 0 Å². The number of nitrogens with one attached hydrogen (secondary N) is 1. The molecule has 2 heteroatoms. The first-order chi connectivity index (χ1) is 7.36. The maximum Gasteiger partial charge on any atom is 0.0591 e. The normalized spacial score (nSPS) is 18.0. The molecule has 0 aromatic heterocycles. The first-order valence-electron chi connectivity index (χ1n) is 6.68. The largest absolute Gasteiger partial charge is 0.380 e. The molecular weight excluding hydrogens is 186 g/mol. The van der Waals surface area contributed by atoms with E-state index in [0.717, 1.165) is 25.7 Å². The lowest BCUT2D eigenvalue weighted by atomic mass is 10.1. The van der Waals surface area contributed by atoms with Crippen molar-refractivity contribution in [2.24, 2.45) is 5.92 Å². The molecular formula is C13H27NO. The van der Waals surface area contributed by atoms with E-state index in [1.54, 1.807) is 0 Å². The van der Waals surface area contributed by atoms with Crippen LogP contribution in [0.1, 0.15) is 52.4 Å². The van der Waals surface area contributed by atoms with Crippen LogP contribution in [0.5, 0.6) is 0 Å². The third kappa shape index (κ3) is 6.91. The number of hydrogen-bond acceptors (Lipinski definition) is 2. The summed E-state index contributed by atoms with van der Waals surface area (Å²) in [5.74, 6) is 0.895. The fraction of sp³-hybridized carbons (Fsp3) is 1.00. The van der Waals surface area contributed by atoms with Crippen molar-refractivity contribution < 1.29 is 4.74 Å². The summed E-state index contributed by atoms with van der Waals surface area (Å²) in [6, 6.07) is 0.703. The highest BCUT2D eigenvalue weighted by Gasteiger charge is 2.20. The molecule has 1 saturated carbocycles. The summed E-state index contributed by atoms with van der Waals surface area (Å²) >= 11 is 0. The molecule has 0 aromatic carbocycles. The van der Waals surface area contributed by atoms with Crippen LogP contribution in [0.25, 0.3) is 0 Å². The van der Waals surface area contributed by atoms with Gasteiger partial charge in [-0.1, -0.05) is 26.7 Å². The Morgan fingerprint density at radius 1 is 1.33 bits per heavy atom. The van der Waals surface area contributed by atoms with Gasteiger partial charge >= 0.3 is 0 Å². The van der Waals surface area contributed by atoms with Crippen LogP contribution in [-0.2, 0) is 4.74 Å². The lowest BCUT2D eigenvalue weighted by Crippen LogP contribution is -2.31. The molecule has 0 saturated heterocycles. The fourth-order valence-corrected chi connectivity index (χ4v) is 1.77. The predicted molar refractivity (Wildman–Crippen MR) is 65.1 cm³/mol. The summed E-state index contributed by atoms with van der Waals surface area (Å²) in [5, 5.41) is 3.57. The summed E-state index contributed by atoms with van der Waals surface area (Å²) < 4.78 is 5.59. The van der Waals surface area contributed by atoms with Gasteiger partial charge in [0.15, 0.2) is 0 Å². The number of rotatable bonds is 10. The van der Waals surface area contributed by atoms with Gasteiger partial charge in [0.05, 0.1) is 6.61 Å². The van der Waals surface area contributed by atoms with Crippen LogP contribution in [0.4, 0.5) is 0 Å². The van der Waals surface area contributed by atoms with Crippen molar-refractivity contribution in [3.63, 3.8) is 0 Å². The first kappa shape index (κ1) is 13.0. The summed E-state index contributed by atoms with van der Waals surface area (Å²) in [5.41, 5.74) is 0. The van der Waals surface area contributed by atoms with Crippen LogP contribution in [-0.4, -0.2) is 25.8 Å². The molecule has 2 nitrogen and oxygen atoms in total. The molecule has 90 valence electrons. The standard InChI is InChI=1S/C13H27NO/c1-3-5-6-13(4-2)14-9-10-15-11-12-7-8-12/h12-14H,3-11H2,1-2H3. The van der Waals surface area contributed by atoms with Gasteiger partial charge in [-0.15, -0.1) is 0 Å². The highest BCUT2D eigenvalue weighted by Crippen LogP contribution is 2.28. The van der Waals surface area contributed by atoms with Gasteiger partial charge in [0.2, 0.25) is 0 Å². The van der Waals surface area contributed by atoms with E-state index in [2.05, 4.69) is 19.2 Å². The number of unbranched alkanes of at least 4 members (excludes halogenated alkanes) is 1. The maximum atomic E-state index is 5.59. The van der Waals surface area contributed by atoms with Crippen molar-refractivity contribution in [3.8, 4) is 0 Å². The van der Waals surface area contributed by atoms with E-state index >= 15 is 0 Å². The Labute approximate surface area is 94.8 Å². The second-order valence-corrected chi connectivity index (χ2v) is 4.72. The molecule has 0 amide bonds. The van der Waals surface area contributed by atoms with Gasteiger partial charge in [-0.2, -0.15) is 0 Å². The Morgan fingerprint density at radius 3 is 2.73 bits per heavy atom. The summed E-state index contributed by atoms with van der Waals surface area (Å²) in [6.45, 7) is 7.42. The van der Waals surface area contributed by atoms with Crippen molar-refractivity contribution in [2.45, 2.75) is 58.4 Å². The molecule has 1 N–H and O–H groups in total. The van der Waals surface area contributed by atoms with Gasteiger partial charge in [-0.3, -0.25) is 0 Å². The summed E-state index contributed by atoms with van der Waals surface area (Å²) in [4.78, 5) is 0. The van der Waals surface area contributed by atoms with Crippen LogP contribution >= 0.6 is 0 Å². The molecule has 0 aliphatic heterocycles. The van der Waals surface area contributed by atoms with Crippen LogP contribution in [0.2, 0.25) is 0 Å². The van der Waals surface area contributed by atoms with Gasteiger partial charge in [0, 0.05) is 19.2 Å². The van der Waals surface area contributed by atoms with E-state index in [0.29, 0.717) is 6.04 Å². The molecule has 1 rings (SSSR count). The average Bonchev–Trinajstić information content (AvgIpc) is 3.06. The molecule has 1 aliphatic rings. The number of hydrogen-bond donors (Lipinski definition) is 1. The molecule has 0 radical (unpaired) electrons. The molecule has 1 unspecified atom stereocenters. The zero-order chi connectivity index (χ0) is 10.9. The van der Waals surface area contributed by atoms with E-state index in [1.807, 2.05) is 0 Å². The lowest BCUT2D eigenvalue weighted by molar-refractivity contribution is 0.123. The quantitative estimate of drug-likeness (QED) is 0.563. The smallest absolute Gasteiger partial charge is 0.0591 e. The predicted octanol–water partition coefficient (Wildman–Crippen LogP) is 2.97. The van der Waals surface area contributed by atoms with Gasteiger partial charge in [0.25, 0.3) is 0 Å². The van der Waals surface area contributed by atoms with Gasteiger partial charge in [-0.25, -0.2) is 0 Å². The van der Waals surface area contributed by atoms with Crippen LogP contribution in [0.15, 0.2) is 0 Å². The maximum absolute atomic E-state index is 5.59. The fourth-order valence-electron chi connectivity index (χ4n) is 1.77. The third-order valence-corrected chi connectivity index (χ3v) is 3.13. The van der Waals surface area contributed by atoms with Crippen molar-refractivity contribution in [3.05, 3.63) is 0 Å². The zero-order valence-corrected chi connectivity index (χ0v) is 10.4. The molecule has 0 bridgehead atoms. The lowest BCUT2D eigenvalue weighted by Gasteiger charge is -2.16. The Balaban J connectivity index is 1.86. The van der Waals surface area contributed by atoms with Crippen molar-refractivity contribution >= 4 is 0 Å². The van der Waals surface area contributed by atoms with E-state index in [4.69, 9.17) is 4.74 Å². The molecule has 0 aromatic rings. The van der Waals surface area contributed by atoms with E-state index in [-0.39, 0.29) is 0 Å². The average molecular weight is 213 g/mol. The molecule has 0 heterocycles. The van der Waals surface area contributed by atoms with Gasteiger partial charge in [-0.05, 0) is 31.6 Å². The SMILES string of the molecule is CCCCC(CC)NCCOCC1CC1.